The molecule has 0 saturated heterocycles. The number of halogens is 1. The van der Waals surface area contributed by atoms with Crippen molar-refractivity contribution in [3.05, 3.63) is 34.9 Å². The summed E-state index contributed by atoms with van der Waals surface area (Å²) < 4.78 is 0. The Morgan fingerprint density at radius 3 is 3.18 bits per heavy atom. The van der Waals surface area contributed by atoms with Crippen molar-refractivity contribution in [3.63, 3.8) is 0 Å². The largest absolute Gasteiger partial charge is 0.399 e. The summed E-state index contributed by atoms with van der Waals surface area (Å²) in [5, 5.41) is 4.20. The lowest BCUT2D eigenvalue weighted by Gasteiger charge is -1.93. The second kappa shape index (κ2) is 3.98. The molecule has 11 heavy (non-hydrogen) atoms. The molecule has 0 spiro atoms. The summed E-state index contributed by atoms with van der Waals surface area (Å²) in [4.78, 5) is 4.50. The summed E-state index contributed by atoms with van der Waals surface area (Å²) in [5.41, 5.74) is 0.826. The van der Waals surface area contributed by atoms with Crippen LogP contribution in [-0.4, -0.2) is 13.3 Å². The van der Waals surface area contributed by atoms with E-state index in [2.05, 4.69) is 16.1 Å². The van der Waals surface area contributed by atoms with Crippen molar-refractivity contribution in [2.45, 2.75) is 0 Å². The van der Waals surface area contributed by atoms with Gasteiger partial charge in [-0.2, -0.15) is 0 Å². The van der Waals surface area contributed by atoms with Crippen molar-refractivity contribution in [1.29, 1.82) is 0 Å². The van der Waals surface area contributed by atoms with Crippen molar-refractivity contribution >= 4 is 17.8 Å². The van der Waals surface area contributed by atoms with Gasteiger partial charge in [-0.3, -0.25) is 0 Å². The first-order valence-corrected chi connectivity index (χ1v) is 3.44. The minimum absolute atomic E-state index is 0.619. The first-order chi connectivity index (χ1) is 5.34. The summed E-state index contributed by atoms with van der Waals surface area (Å²) >= 11 is 5.78. The number of benzene rings is 1. The summed E-state index contributed by atoms with van der Waals surface area (Å²) in [7, 11) is 1.49. The van der Waals surface area contributed by atoms with Gasteiger partial charge in [0, 0.05) is 5.56 Å². The van der Waals surface area contributed by atoms with Crippen LogP contribution < -0.4 is 0 Å². The van der Waals surface area contributed by atoms with Crippen LogP contribution in [0.5, 0.6) is 0 Å². The molecule has 57 valence electrons. The van der Waals surface area contributed by atoms with Gasteiger partial charge in [0.1, 0.15) is 7.11 Å². The van der Waals surface area contributed by atoms with Crippen LogP contribution in [0, 0.1) is 6.07 Å². The fourth-order valence-corrected chi connectivity index (χ4v) is 0.811. The Labute approximate surface area is 70.4 Å². The normalized spacial score (nSPS) is 10.4. The molecule has 0 N–H and O–H groups in total. The van der Waals surface area contributed by atoms with Crippen molar-refractivity contribution in [2.75, 3.05) is 7.11 Å². The molecule has 0 unspecified atom stereocenters. The Morgan fingerprint density at radius 1 is 1.73 bits per heavy atom. The van der Waals surface area contributed by atoms with E-state index >= 15 is 0 Å². The third-order valence-electron chi connectivity index (χ3n) is 1.14. The van der Waals surface area contributed by atoms with Gasteiger partial charge in [-0.1, -0.05) is 28.9 Å². The van der Waals surface area contributed by atoms with Gasteiger partial charge < -0.3 is 4.84 Å². The molecule has 0 amide bonds. The molecule has 0 aliphatic heterocycles. The number of hydrogen-bond acceptors (Lipinski definition) is 2. The molecule has 2 nitrogen and oxygen atoms in total. The van der Waals surface area contributed by atoms with Gasteiger partial charge in [0.25, 0.3) is 0 Å². The van der Waals surface area contributed by atoms with Crippen molar-refractivity contribution < 1.29 is 4.84 Å². The van der Waals surface area contributed by atoms with Gasteiger partial charge in [0.05, 0.1) is 11.2 Å². The quantitative estimate of drug-likeness (QED) is 0.490. The van der Waals surface area contributed by atoms with E-state index in [1.54, 1.807) is 18.3 Å². The highest BCUT2D eigenvalue weighted by Gasteiger charge is 1.92. The van der Waals surface area contributed by atoms with E-state index in [0.717, 1.165) is 5.56 Å². The zero-order chi connectivity index (χ0) is 8.10. The molecule has 1 radical (unpaired) electrons. The number of nitrogens with zero attached hydrogens (tertiary/aromatic N) is 1. The van der Waals surface area contributed by atoms with Gasteiger partial charge in [-0.15, -0.1) is 0 Å². The number of oxime groups is 1. The Morgan fingerprint density at radius 2 is 2.55 bits per heavy atom. The predicted octanol–water partition coefficient (Wildman–Crippen LogP) is 2.12. The summed E-state index contributed by atoms with van der Waals surface area (Å²) in [6.45, 7) is 0. The Bertz CT molecular complexity index is 260. The van der Waals surface area contributed by atoms with Crippen LogP contribution in [-0.2, 0) is 4.84 Å². The van der Waals surface area contributed by atoms with Gasteiger partial charge in [0.2, 0.25) is 0 Å². The van der Waals surface area contributed by atoms with E-state index in [1.807, 2.05) is 6.07 Å². The van der Waals surface area contributed by atoms with Crippen LogP contribution in [0.3, 0.4) is 0 Å². The lowest BCUT2D eigenvalue weighted by atomic mass is 10.2. The van der Waals surface area contributed by atoms with Crippen LogP contribution in [0.15, 0.2) is 23.4 Å². The van der Waals surface area contributed by atoms with Crippen molar-refractivity contribution in [1.82, 2.24) is 0 Å². The lowest BCUT2D eigenvalue weighted by molar-refractivity contribution is 0.215. The SMILES string of the molecule is CON=Cc1cc[c]cc1Cl. The monoisotopic (exact) mass is 168 g/mol. The van der Waals surface area contributed by atoms with Crippen LogP contribution in [0.25, 0.3) is 0 Å². The second-order valence-electron chi connectivity index (χ2n) is 1.86. The third-order valence-corrected chi connectivity index (χ3v) is 1.47. The topological polar surface area (TPSA) is 21.6 Å². The van der Waals surface area contributed by atoms with E-state index < -0.39 is 0 Å². The van der Waals surface area contributed by atoms with Gasteiger partial charge in [-0.25, -0.2) is 0 Å². The summed E-state index contributed by atoms with van der Waals surface area (Å²) in [6, 6.07) is 8.10. The molecule has 0 fully saturated rings. The average Bonchev–Trinajstić information content (AvgIpc) is 2.03. The highest BCUT2D eigenvalue weighted by Crippen LogP contribution is 2.11. The lowest BCUT2D eigenvalue weighted by Crippen LogP contribution is -1.82. The van der Waals surface area contributed by atoms with Gasteiger partial charge in [0.15, 0.2) is 0 Å². The van der Waals surface area contributed by atoms with Crippen molar-refractivity contribution in [3.8, 4) is 0 Å². The fraction of sp³-hybridized carbons (Fsp3) is 0.125. The first-order valence-electron chi connectivity index (χ1n) is 3.06. The van der Waals surface area contributed by atoms with E-state index in [1.165, 1.54) is 7.11 Å². The molecule has 1 rings (SSSR count). The maximum atomic E-state index is 5.78. The highest BCUT2D eigenvalue weighted by atomic mass is 35.5. The predicted molar refractivity (Wildman–Crippen MR) is 44.9 cm³/mol. The molecular formula is C8H7ClNO. The van der Waals surface area contributed by atoms with Gasteiger partial charge in [-0.05, 0) is 12.1 Å². The Balaban J connectivity index is 2.86. The molecule has 0 aromatic heterocycles. The van der Waals surface area contributed by atoms with Crippen LogP contribution in [0.1, 0.15) is 5.56 Å². The standard InChI is InChI=1S/C8H7ClNO/c1-11-10-6-7-4-2-3-5-8(7)9/h2,4-6H,1H3. The zero-order valence-electron chi connectivity index (χ0n) is 6.04. The number of hydrogen-bond donors (Lipinski definition) is 0. The minimum atomic E-state index is 0.619. The van der Waals surface area contributed by atoms with Gasteiger partial charge >= 0.3 is 0 Å². The molecule has 3 heteroatoms. The molecule has 1 aromatic carbocycles. The minimum Gasteiger partial charge on any atom is -0.399 e. The van der Waals surface area contributed by atoms with Crippen molar-refractivity contribution in [2.24, 2.45) is 5.16 Å². The molecular weight excluding hydrogens is 162 g/mol. The molecule has 1 aromatic rings. The maximum absolute atomic E-state index is 5.78. The van der Waals surface area contributed by atoms with Crippen LogP contribution in [0.2, 0.25) is 5.02 Å². The van der Waals surface area contributed by atoms with Crippen LogP contribution in [0.4, 0.5) is 0 Å². The van der Waals surface area contributed by atoms with E-state index in [4.69, 9.17) is 11.6 Å². The smallest absolute Gasteiger partial charge is 0.106 e. The highest BCUT2D eigenvalue weighted by molar-refractivity contribution is 6.33. The van der Waals surface area contributed by atoms with E-state index in [-0.39, 0.29) is 0 Å². The molecule has 0 heterocycles. The average molecular weight is 169 g/mol. The van der Waals surface area contributed by atoms with E-state index in [9.17, 15) is 0 Å². The van der Waals surface area contributed by atoms with Crippen LogP contribution >= 0.6 is 11.6 Å². The molecule has 0 saturated carbocycles. The molecule has 0 aliphatic rings. The second-order valence-corrected chi connectivity index (χ2v) is 2.27. The maximum Gasteiger partial charge on any atom is 0.106 e. The summed E-state index contributed by atoms with van der Waals surface area (Å²) in [6.07, 6.45) is 1.55. The zero-order valence-corrected chi connectivity index (χ0v) is 6.80. The first kappa shape index (κ1) is 8.08. The molecule has 0 atom stereocenters. The Kier molecular flexibility index (Phi) is 2.93. The van der Waals surface area contributed by atoms with E-state index in [0.29, 0.717) is 5.02 Å². The number of rotatable bonds is 2. The molecule has 0 bridgehead atoms. The third kappa shape index (κ3) is 2.24. The molecule has 0 aliphatic carbocycles. The fourth-order valence-electron chi connectivity index (χ4n) is 0.636. The Hall–Kier alpha value is -1.02. The summed E-state index contributed by atoms with van der Waals surface area (Å²) in [5.74, 6) is 0.